The summed E-state index contributed by atoms with van der Waals surface area (Å²) in [5.74, 6) is -1.77. The van der Waals surface area contributed by atoms with Crippen molar-refractivity contribution in [3.63, 3.8) is 0 Å². The van der Waals surface area contributed by atoms with Gasteiger partial charge in [0.25, 0.3) is 11.6 Å². The van der Waals surface area contributed by atoms with Gasteiger partial charge in [-0.25, -0.2) is 9.50 Å². The SMILES string of the molecule is Cc1nc2nc(C(F)(F)F)nn2c(C)c1CCC(=O)O[C@H](Cc1ccccc1)c1ccccc1. The van der Waals surface area contributed by atoms with Crippen molar-refractivity contribution in [1.82, 2.24) is 19.6 Å². The van der Waals surface area contributed by atoms with Crippen LogP contribution < -0.4 is 0 Å². The van der Waals surface area contributed by atoms with Crippen LogP contribution in [0.3, 0.4) is 0 Å². The summed E-state index contributed by atoms with van der Waals surface area (Å²) in [7, 11) is 0. The standard InChI is InChI=1S/C25H23F3N4O2/c1-16-20(17(2)32-24(29-16)30-23(31-32)25(26,27)28)13-14-22(33)34-21(19-11-7-4-8-12-19)15-18-9-5-3-6-10-18/h3-12,21H,13-15H2,1-2H3/t21-/m1/s1. The van der Waals surface area contributed by atoms with Crippen LogP contribution in [0.4, 0.5) is 13.2 Å². The van der Waals surface area contributed by atoms with E-state index >= 15 is 0 Å². The van der Waals surface area contributed by atoms with Gasteiger partial charge >= 0.3 is 12.1 Å². The number of halogens is 3. The first-order valence-corrected chi connectivity index (χ1v) is 10.8. The first-order chi connectivity index (χ1) is 16.2. The summed E-state index contributed by atoms with van der Waals surface area (Å²) in [5, 5.41) is 3.55. The quantitative estimate of drug-likeness (QED) is 0.348. The Balaban J connectivity index is 1.50. The second-order valence-electron chi connectivity index (χ2n) is 7.99. The first-order valence-electron chi connectivity index (χ1n) is 10.8. The molecule has 0 amide bonds. The lowest BCUT2D eigenvalue weighted by Gasteiger charge is -2.19. The molecule has 34 heavy (non-hydrogen) atoms. The van der Waals surface area contributed by atoms with Gasteiger partial charge in [-0.15, -0.1) is 5.10 Å². The van der Waals surface area contributed by atoms with Crippen LogP contribution in [0.5, 0.6) is 0 Å². The molecule has 0 fully saturated rings. The van der Waals surface area contributed by atoms with Gasteiger partial charge in [0.05, 0.1) is 0 Å². The summed E-state index contributed by atoms with van der Waals surface area (Å²) in [6.07, 6.45) is -4.28. The van der Waals surface area contributed by atoms with Crippen LogP contribution in [-0.2, 0) is 28.5 Å². The summed E-state index contributed by atoms with van der Waals surface area (Å²) >= 11 is 0. The zero-order valence-electron chi connectivity index (χ0n) is 18.7. The molecule has 2 aromatic carbocycles. The Kier molecular flexibility index (Phi) is 6.63. The second kappa shape index (κ2) is 9.62. The molecule has 176 valence electrons. The van der Waals surface area contributed by atoms with Gasteiger partial charge in [-0.1, -0.05) is 60.7 Å². The monoisotopic (exact) mass is 468 g/mol. The minimum Gasteiger partial charge on any atom is -0.457 e. The minimum absolute atomic E-state index is 0.0494. The maximum Gasteiger partial charge on any atom is 0.453 e. The number of rotatable bonds is 7. The topological polar surface area (TPSA) is 69.4 Å². The number of aryl methyl sites for hydroxylation is 2. The van der Waals surface area contributed by atoms with Crippen molar-refractivity contribution in [1.29, 1.82) is 0 Å². The number of hydrogen-bond donors (Lipinski definition) is 0. The molecule has 0 bridgehead atoms. The lowest BCUT2D eigenvalue weighted by molar-refractivity contribution is -0.149. The Morgan fingerprint density at radius 2 is 1.65 bits per heavy atom. The van der Waals surface area contributed by atoms with Crippen molar-refractivity contribution < 1.29 is 22.7 Å². The summed E-state index contributed by atoms with van der Waals surface area (Å²) in [4.78, 5) is 20.4. The van der Waals surface area contributed by atoms with E-state index in [-0.39, 0.29) is 18.6 Å². The molecule has 1 atom stereocenters. The minimum atomic E-state index is -4.66. The number of ether oxygens (including phenoxy) is 1. The van der Waals surface area contributed by atoms with E-state index in [0.29, 0.717) is 23.4 Å². The summed E-state index contributed by atoms with van der Waals surface area (Å²) < 4.78 is 45.9. The Morgan fingerprint density at radius 1 is 1.00 bits per heavy atom. The van der Waals surface area contributed by atoms with E-state index in [9.17, 15) is 18.0 Å². The molecular weight excluding hydrogens is 445 g/mol. The predicted octanol–water partition coefficient (Wildman–Crippen LogP) is 5.22. The van der Waals surface area contributed by atoms with E-state index in [2.05, 4.69) is 15.1 Å². The smallest absolute Gasteiger partial charge is 0.453 e. The van der Waals surface area contributed by atoms with E-state index < -0.39 is 24.1 Å². The number of aromatic nitrogens is 4. The molecule has 6 nitrogen and oxygen atoms in total. The highest BCUT2D eigenvalue weighted by molar-refractivity contribution is 5.70. The van der Waals surface area contributed by atoms with Gasteiger partial charge in [0.2, 0.25) is 0 Å². The van der Waals surface area contributed by atoms with Crippen LogP contribution in [0.15, 0.2) is 60.7 Å². The van der Waals surface area contributed by atoms with E-state index in [1.165, 1.54) is 0 Å². The van der Waals surface area contributed by atoms with Gasteiger partial charge in [-0.2, -0.15) is 18.2 Å². The van der Waals surface area contributed by atoms with Crippen molar-refractivity contribution in [3.8, 4) is 0 Å². The van der Waals surface area contributed by atoms with Crippen molar-refractivity contribution in [3.05, 3.63) is 94.6 Å². The Hall–Kier alpha value is -3.75. The Labute approximate surface area is 194 Å². The van der Waals surface area contributed by atoms with E-state index in [0.717, 1.165) is 15.6 Å². The number of esters is 1. The number of benzene rings is 2. The van der Waals surface area contributed by atoms with E-state index in [1.807, 2.05) is 60.7 Å². The molecule has 0 saturated heterocycles. The lowest BCUT2D eigenvalue weighted by Crippen LogP contribution is -2.15. The molecule has 0 aliphatic rings. The molecule has 0 aliphatic heterocycles. The highest BCUT2D eigenvalue weighted by Crippen LogP contribution is 2.28. The fraction of sp³-hybridized carbons (Fsp3) is 0.280. The molecule has 0 radical (unpaired) electrons. The molecule has 2 aromatic heterocycles. The van der Waals surface area contributed by atoms with Crippen LogP contribution in [0.1, 0.15) is 46.4 Å². The van der Waals surface area contributed by atoms with Gasteiger partial charge < -0.3 is 4.74 Å². The molecule has 2 heterocycles. The first kappa shape index (κ1) is 23.4. The van der Waals surface area contributed by atoms with Gasteiger partial charge in [-0.3, -0.25) is 4.79 Å². The molecule has 0 aliphatic carbocycles. The normalized spacial score (nSPS) is 12.6. The third kappa shape index (κ3) is 5.24. The highest BCUT2D eigenvalue weighted by atomic mass is 19.4. The third-order valence-electron chi connectivity index (χ3n) is 5.59. The van der Waals surface area contributed by atoms with Gasteiger partial charge in [-0.05, 0) is 37.0 Å². The summed E-state index contributed by atoms with van der Waals surface area (Å²) in [6.45, 7) is 3.32. The number of alkyl halides is 3. The molecular formula is C25H23F3N4O2. The van der Waals surface area contributed by atoms with Gasteiger partial charge in [0.15, 0.2) is 0 Å². The van der Waals surface area contributed by atoms with Gasteiger partial charge in [0.1, 0.15) is 6.10 Å². The number of hydrogen-bond acceptors (Lipinski definition) is 5. The molecule has 0 N–H and O–H groups in total. The maximum absolute atomic E-state index is 13.0. The fourth-order valence-corrected chi connectivity index (χ4v) is 3.86. The van der Waals surface area contributed by atoms with Crippen molar-refractivity contribution in [2.75, 3.05) is 0 Å². The average Bonchev–Trinajstić information content (AvgIpc) is 3.25. The van der Waals surface area contributed by atoms with Gasteiger partial charge in [0, 0.05) is 24.2 Å². The lowest BCUT2D eigenvalue weighted by atomic mass is 10.0. The van der Waals surface area contributed by atoms with Crippen molar-refractivity contribution in [2.45, 2.75) is 45.4 Å². The fourth-order valence-electron chi connectivity index (χ4n) is 3.86. The van der Waals surface area contributed by atoms with Crippen LogP contribution in [0.2, 0.25) is 0 Å². The molecule has 0 saturated carbocycles. The number of fused-ring (bicyclic) bond motifs is 1. The largest absolute Gasteiger partial charge is 0.457 e. The predicted molar refractivity (Wildman–Crippen MR) is 119 cm³/mol. The van der Waals surface area contributed by atoms with Crippen LogP contribution in [-0.4, -0.2) is 25.6 Å². The molecule has 4 aromatic rings. The zero-order chi connectivity index (χ0) is 24.3. The van der Waals surface area contributed by atoms with Crippen molar-refractivity contribution in [2.24, 2.45) is 0 Å². The maximum atomic E-state index is 13.0. The number of carbonyl (C=O) groups excluding carboxylic acids is 1. The summed E-state index contributed by atoms with van der Waals surface area (Å²) in [5.41, 5.74) is 3.53. The molecule has 4 rings (SSSR count). The average molecular weight is 468 g/mol. The number of nitrogens with zero attached hydrogens (tertiary/aromatic N) is 4. The van der Waals surface area contributed by atoms with Crippen LogP contribution in [0.25, 0.3) is 5.78 Å². The molecule has 9 heteroatoms. The highest BCUT2D eigenvalue weighted by Gasteiger charge is 2.37. The molecule has 0 unspecified atom stereocenters. The molecule has 0 spiro atoms. The third-order valence-corrected chi connectivity index (χ3v) is 5.59. The van der Waals surface area contributed by atoms with Crippen molar-refractivity contribution >= 4 is 11.7 Å². The van der Waals surface area contributed by atoms with E-state index in [4.69, 9.17) is 4.74 Å². The summed E-state index contributed by atoms with van der Waals surface area (Å²) in [6, 6.07) is 19.2. The Morgan fingerprint density at radius 3 is 2.29 bits per heavy atom. The Bertz CT molecular complexity index is 1290. The second-order valence-corrected chi connectivity index (χ2v) is 7.99. The van der Waals surface area contributed by atoms with Crippen LogP contribution in [0, 0.1) is 13.8 Å². The zero-order valence-corrected chi connectivity index (χ0v) is 18.7. The van der Waals surface area contributed by atoms with Crippen LogP contribution >= 0.6 is 0 Å². The number of carbonyl (C=O) groups is 1. The van der Waals surface area contributed by atoms with E-state index in [1.54, 1.807) is 13.8 Å².